The number of carbonyl (C=O) groups excluding carboxylic acids is 2. The summed E-state index contributed by atoms with van der Waals surface area (Å²) >= 11 is 13.5. The van der Waals surface area contributed by atoms with Crippen molar-refractivity contribution in [3.8, 4) is 0 Å². The number of anilines is 2. The van der Waals surface area contributed by atoms with Crippen LogP contribution in [0.15, 0.2) is 83.8 Å². The number of thioether (sulfide) groups is 1. The molecule has 0 bridgehead atoms. The number of nitrogens with zero attached hydrogens (tertiary/aromatic N) is 4. The highest BCUT2D eigenvalue weighted by atomic mass is 35.5. The molecule has 0 aromatic heterocycles. The van der Waals surface area contributed by atoms with E-state index in [-0.39, 0.29) is 18.2 Å². The summed E-state index contributed by atoms with van der Waals surface area (Å²) in [6.07, 6.45) is 2.86. The number of nitrogens with one attached hydrogen (secondary N) is 1. The van der Waals surface area contributed by atoms with Gasteiger partial charge in [-0.3, -0.25) is 19.4 Å². The maximum atomic E-state index is 13.8. The lowest BCUT2D eigenvalue weighted by Crippen LogP contribution is -2.47. The summed E-state index contributed by atoms with van der Waals surface area (Å²) in [6.45, 7) is 6.58. The number of rotatable bonds is 11. The molecule has 0 unspecified atom stereocenters. The van der Waals surface area contributed by atoms with Gasteiger partial charge >= 0.3 is 0 Å². The van der Waals surface area contributed by atoms with E-state index < -0.39 is 6.04 Å². The van der Waals surface area contributed by atoms with Crippen LogP contribution in [-0.2, 0) is 16.1 Å². The highest BCUT2D eigenvalue weighted by Gasteiger charge is 2.44. The largest absolute Gasteiger partial charge is 0.336 e. The normalized spacial score (nSPS) is 18.1. The van der Waals surface area contributed by atoms with E-state index in [1.165, 1.54) is 5.56 Å². The van der Waals surface area contributed by atoms with Gasteiger partial charge in [-0.1, -0.05) is 48.0 Å². The van der Waals surface area contributed by atoms with Crippen LogP contribution in [0.5, 0.6) is 0 Å². The molecule has 2 amide bonds. The predicted octanol–water partition coefficient (Wildman–Crippen LogP) is 5.60. The first-order valence-corrected chi connectivity index (χ1v) is 16.2. The van der Waals surface area contributed by atoms with Crippen molar-refractivity contribution in [2.45, 2.75) is 30.3 Å². The Balaban J connectivity index is 1.21. The van der Waals surface area contributed by atoms with Gasteiger partial charge in [0.05, 0.1) is 12.1 Å². The molecule has 10 heteroatoms. The first kappa shape index (κ1) is 30.5. The van der Waals surface area contributed by atoms with Crippen LogP contribution in [0.4, 0.5) is 11.4 Å². The number of halogens is 1. The van der Waals surface area contributed by atoms with Gasteiger partial charge in [0.15, 0.2) is 5.11 Å². The van der Waals surface area contributed by atoms with Gasteiger partial charge in [0.1, 0.15) is 6.04 Å². The van der Waals surface area contributed by atoms with E-state index in [0.29, 0.717) is 22.4 Å². The highest BCUT2D eigenvalue weighted by Crippen LogP contribution is 2.30. The number of benzene rings is 3. The fourth-order valence-corrected chi connectivity index (χ4v) is 6.47. The molecule has 2 aliphatic heterocycles. The average Bonchev–Trinajstić information content (AvgIpc) is 3.23. The van der Waals surface area contributed by atoms with Gasteiger partial charge in [-0.05, 0) is 79.5 Å². The molecule has 3 aromatic rings. The quantitative estimate of drug-likeness (QED) is 0.221. The summed E-state index contributed by atoms with van der Waals surface area (Å²) in [4.78, 5) is 36.4. The molecule has 0 aliphatic carbocycles. The number of hydrogen-bond donors (Lipinski definition) is 1. The average molecular weight is 622 g/mol. The zero-order valence-corrected chi connectivity index (χ0v) is 26.1. The second-order valence-electron chi connectivity index (χ2n) is 10.6. The Bertz CT molecular complexity index is 1380. The summed E-state index contributed by atoms with van der Waals surface area (Å²) < 4.78 is 0. The SMILES string of the molecule is CSc1cccc(N2C(=O)[C@H](CC(=O)Nc3ccc(Cl)cc3)N(CCCN3CCN(Cc4ccccc4)CC3)C2=S)c1. The molecule has 1 N–H and O–H groups in total. The molecule has 2 heterocycles. The monoisotopic (exact) mass is 621 g/mol. The molecule has 1 atom stereocenters. The summed E-state index contributed by atoms with van der Waals surface area (Å²) in [5.74, 6) is -0.406. The van der Waals surface area contributed by atoms with E-state index in [4.69, 9.17) is 23.8 Å². The van der Waals surface area contributed by atoms with Gasteiger partial charge < -0.3 is 15.1 Å². The van der Waals surface area contributed by atoms with Crippen LogP contribution in [0.25, 0.3) is 0 Å². The van der Waals surface area contributed by atoms with E-state index in [1.807, 2.05) is 35.4 Å². The van der Waals surface area contributed by atoms with Crippen molar-refractivity contribution in [1.82, 2.24) is 14.7 Å². The van der Waals surface area contributed by atoms with Gasteiger partial charge in [0, 0.05) is 54.9 Å². The van der Waals surface area contributed by atoms with Crippen LogP contribution < -0.4 is 10.2 Å². The smallest absolute Gasteiger partial charge is 0.256 e. The molecule has 2 saturated heterocycles. The maximum Gasteiger partial charge on any atom is 0.256 e. The lowest BCUT2D eigenvalue weighted by atomic mass is 10.1. The number of thiocarbonyl (C=S) groups is 1. The molecule has 42 heavy (non-hydrogen) atoms. The standard InChI is InChI=1S/C32H36ClN5O2S2/c1-42-28-10-5-9-27(21-28)38-31(40)29(22-30(39)34-26-13-11-25(33)12-14-26)37(32(38)41)16-6-15-35-17-19-36(20-18-35)23-24-7-3-2-4-8-24/h2-5,7-14,21,29H,6,15-20,22-23H2,1H3,(H,34,39)/t29-/m0/s1. The van der Waals surface area contributed by atoms with E-state index >= 15 is 0 Å². The van der Waals surface area contributed by atoms with Crippen molar-refractivity contribution in [2.24, 2.45) is 0 Å². The lowest BCUT2D eigenvalue weighted by Gasteiger charge is -2.35. The lowest BCUT2D eigenvalue weighted by molar-refractivity contribution is -0.124. The topological polar surface area (TPSA) is 59.1 Å². The minimum absolute atomic E-state index is 0.0124. The first-order chi connectivity index (χ1) is 20.4. The van der Waals surface area contributed by atoms with Crippen molar-refractivity contribution < 1.29 is 9.59 Å². The van der Waals surface area contributed by atoms with Gasteiger partial charge in [0.25, 0.3) is 5.91 Å². The van der Waals surface area contributed by atoms with Crippen molar-refractivity contribution in [1.29, 1.82) is 0 Å². The maximum absolute atomic E-state index is 13.8. The summed E-state index contributed by atoms with van der Waals surface area (Å²) in [5, 5.41) is 3.95. The molecular weight excluding hydrogens is 586 g/mol. The Kier molecular flexibility index (Phi) is 10.5. The van der Waals surface area contributed by atoms with Crippen LogP contribution in [-0.4, -0.2) is 83.2 Å². The minimum atomic E-state index is -0.662. The second kappa shape index (κ2) is 14.5. The molecule has 5 rings (SSSR count). The molecule has 3 aromatic carbocycles. The number of carbonyl (C=O) groups is 2. The van der Waals surface area contributed by atoms with Crippen molar-refractivity contribution in [3.05, 3.63) is 89.4 Å². The fourth-order valence-electron chi connectivity index (χ4n) is 5.47. The van der Waals surface area contributed by atoms with E-state index in [1.54, 1.807) is 40.9 Å². The van der Waals surface area contributed by atoms with Crippen LogP contribution in [0.3, 0.4) is 0 Å². The molecule has 0 spiro atoms. The molecule has 0 radical (unpaired) electrons. The van der Waals surface area contributed by atoms with Crippen molar-refractivity contribution in [2.75, 3.05) is 55.7 Å². The van der Waals surface area contributed by atoms with E-state index in [0.717, 1.165) is 56.3 Å². The Labute approximate surface area is 262 Å². The van der Waals surface area contributed by atoms with Crippen molar-refractivity contribution >= 4 is 63.9 Å². The third-order valence-corrected chi connectivity index (χ3v) is 9.12. The number of hydrogen-bond acceptors (Lipinski definition) is 6. The molecule has 2 aliphatic rings. The molecule has 7 nitrogen and oxygen atoms in total. The number of piperazine rings is 1. The highest BCUT2D eigenvalue weighted by molar-refractivity contribution is 7.98. The zero-order valence-electron chi connectivity index (χ0n) is 23.7. The summed E-state index contributed by atoms with van der Waals surface area (Å²) in [5.41, 5.74) is 2.72. The van der Waals surface area contributed by atoms with Crippen LogP contribution >= 0.6 is 35.6 Å². The molecule has 2 fully saturated rings. The first-order valence-electron chi connectivity index (χ1n) is 14.2. The Morgan fingerprint density at radius 3 is 2.38 bits per heavy atom. The molecule has 0 saturated carbocycles. The Morgan fingerprint density at radius 1 is 0.952 bits per heavy atom. The zero-order chi connectivity index (χ0) is 29.5. The van der Waals surface area contributed by atoms with Gasteiger partial charge in [-0.2, -0.15) is 0 Å². The van der Waals surface area contributed by atoms with Gasteiger partial charge in [-0.25, -0.2) is 0 Å². The number of amides is 2. The molecular formula is C32H36ClN5O2S2. The minimum Gasteiger partial charge on any atom is -0.336 e. The Morgan fingerprint density at radius 2 is 1.67 bits per heavy atom. The van der Waals surface area contributed by atoms with Crippen molar-refractivity contribution in [3.63, 3.8) is 0 Å². The van der Waals surface area contributed by atoms with E-state index in [2.05, 4.69) is 45.4 Å². The summed E-state index contributed by atoms with van der Waals surface area (Å²) in [6, 6.07) is 24.7. The van der Waals surface area contributed by atoms with Crippen LogP contribution in [0, 0.1) is 0 Å². The van der Waals surface area contributed by atoms with E-state index in [9.17, 15) is 9.59 Å². The summed E-state index contributed by atoms with van der Waals surface area (Å²) in [7, 11) is 0. The van der Waals surface area contributed by atoms with Crippen LogP contribution in [0.2, 0.25) is 5.02 Å². The van der Waals surface area contributed by atoms with Gasteiger partial charge in [-0.15, -0.1) is 11.8 Å². The molecule has 220 valence electrons. The van der Waals surface area contributed by atoms with Crippen LogP contribution in [0.1, 0.15) is 18.4 Å². The third kappa shape index (κ3) is 7.71. The second-order valence-corrected chi connectivity index (χ2v) is 12.3. The predicted molar refractivity (Wildman–Crippen MR) is 176 cm³/mol. The Hall–Kier alpha value is -2.95. The third-order valence-electron chi connectivity index (χ3n) is 7.72. The fraction of sp³-hybridized carbons (Fsp3) is 0.344. The van der Waals surface area contributed by atoms with Gasteiger partial charge in [0.2, 0.25) is 5.91 Å².